The average Bonchev–Trinajstić information content (AvgIpc) is 2.19. The molecule has 0 spiro atoms. The van der Waals surface area contributed by atoms with Gasteiger partial charge in [-0.2, -0.15) is 0 Å². The van der Waals surface area contributed by atoms with Crippen LogP contribution < -0.4 is 10.5 Å². The molecule has 0 radical (unpaired) electrons. The van der Waals surface area contributed by atoms with E-state index < -0.39 is 16.7 Å². The van der Waals surface area contributed by atoms with Gasteiger partial charge in [-0.05, 0) is 18.2 Å². The summed E-state index contributed by atoms with van der Waals surface area (Å²) in [4.78, 5) is -0.0298. The summed E-state index contributed by atoms with van der Waals surface area (Å²) in [7, 11) is -3.69. The van der Waals surface area contributed by atoms with E-state index >= 15 is 0 Å². The number of benzene rings is 1. The van der Waals surface area contributed by atoms with E-state index in [-0.39, 0.29) is 22.2 Å². The van der Waals surface area contributed by atoms with Gasteiger partial charge in [-0.25, -0.2) is 17.5 Å². The molecule has 0 saturated carbocycles. The van der Waals surface area contributed by atoms with Gasteiger partial charge in [0.2, 0.25) is 10.0 Å². The minimum atomic E-state index is -3.69. The highest BCUT2D eigenvalue weighted by atomic mass is 35.5. The molecule has 84 valence electrons. The Morgan fingerprint density at radius 2 is 2.13 bits per heavy atom. The molecule has 3 N–H and O–H groups in total. The van der Waals surface area contributed by atoms with E-state index in [1.54, 1.807) is 0 Å². The van der Waals surface area contributed by atoms with Crippen LogP contribution in [0.5, 0.6) is 0 Å². The van der Waals surface area contributed by atoms with Gasteiger partial charge < -0.3 is 5.73 Å². The lowest BCUT2D eigenvalue weighted by atomic mass is 10.3. The van der Waals surface area contributed by atoms with Crippen molar-refractivity contribution in [2.24, 2.45) is 0 Å². The third-order valence-corrected chi connectivity index (χ3v) is 3.47. The van der Waals surface area contributed by atoms with Crippen LogP contribution in [0, 0.1) is 0 Å². The topological polar surface area (TPSA) is 72.2 Å². The van der Waals surface area contributed by atoms with E-state index in [1.165, 1.54) is 18.2 Å². The van der Waals surface area contributed by atoms with Crippen LogP contribution in [0.1, 0.15) is 0 Å². The first-order chi connectivity index (χ1) is 6.97. The fourth-order valence-electron chi connectivity index (χ4n) is 0.945. The molecule has 0 aliphatic heterocycles. The molecule has 4 nitrogen and oxygen atoms in total. The normalized spacial score (nSPS) is 11.6. The van der Waals surface area contributed by atoms with Crippen LogP contribution in [0.25, 0.3) is 0 Å². The molecule has 7 heteroatoms. The van der Waals surface area contributed by atoms with Gasteiger partial charge in [-0.15, -0.1) is 0 Å². The van der Waals surface area contributed by atoms with Gasteiger partial charge in [-0.1, -0.05) is 11.6 Å². The Labute approximate surface area is 92.3 Å². The summed E-state index contributed by atoms with van der Waals surface area (Å²) in [5.74, 6) is 0. The summed E-state index contributed by atoms with van der Waals surface area (Å²) in [6.07, 6.45) is 0. The number of hydrogen-bond acceptors (Lipinski definition) is 3. The first-order valence-corrected chi connectivity index (χ1v) is 5.94. The molecule has 1 rings (SSSR count). The summed E-state index contributed by atoms with van der Waals surface area (Å²) >= 11 is 5.63. The third-order valence-electron chi connectivity index (χ3n) is 1.66. The largest absolute Gasteiger partial charge is 0.397 e. The fraction of sp³-hybridized carbons (Fsp3) is 0.250. The third kappa shape index (κ3) is 3.05. The van der Waals surface area contributed by atoms with E-state index in [4.69, 9.17) is 17.3 Å². The van der Waals surface area contributed by atoms with E-state index in [0.717, 1.165) is 0 Å². The molecule has 1 aromatic rings. The van der Waals surface area contributed by atoms with Gasteiger partial charge in [0.15, 0.2) is 0 Å². The highest BCUT2D eigenvalue weighted by Crippen LogP contribution is 2.21. The number of anilines is 1. The zero-order valence-electron chi connectivity index (χ0n) is 7.70. The highest BCUT2D eigenvalue weighted by molar-refractivity contribution is 7.89. The predicted molar refractivity (Wildman–Crippen MR) is 57.0 cm³/mol. The monoisotopic (exact) mass is 252 g/mol. The van der Waals surface area contributed by atoms with Gasteiger partial charge in [0, 0.05) is 6.54 Å². The van der Waals surface area contributed by atoms with E-state index in [9.17, 15) is 12.8 Å². The Bertz CT molecular complexity index is 450. The van der Waals surface area contributed by atoms with Crippen molar-refractivity contribution in [3.05, 3.63) is 23.2 Å². The second-order valence-electron chi connectivity index (χ2n) is 2.77. The molecule has 0 heterocycles. The summed E-state index contributed by atoms with van der Waals surface area (Å²) in [6, 6.07) is 3.91. The molecular formula is C8H10ClFN2O2S. The van der Waals surface area contributed by atoms with Gasteiger partial charge in [0.25, 0.3) is 0 Å². The molecule has 0 atom stereocenters. The second kappa shape index (κ2) is 4.78. The van der Waals surface area contributed by atoms with Crippen molar-refractivity contribution in [3.63, 3.8) is 0 Å². The van der Waals surface area contributed by atoms with Crippen LogP contribution in [0.3, 0.4) is 0 Å². The fourth-order valence-corrected chi connectivity index (χ4v) is 2.10. The number of halogens is 2. The first kappa shape index (κ1) is 12.2. The average molecular weight is 253 g/mol. The lowest BCUT2D eigenvalue weighted by molar-refractivity contribution is 0.486. The van der Waals surface area contributed by atoms with E-state index in [2.05, 4.69) is 4.72 Å². The lowest BCUT2D eigenvalue weighted by Gasteiger charge is -2.06. The number of nitrogens with one attached hydrogen (secondary N) is 1. The molecule has 0 aliphatic rings. The Balaban J connectivity index is 3.00. The SMILES string of the molecule is Nc1cc(S(=O)(=O)NCCF)ccc1Cl. The van der Waals surface area contributed by atoms with E-state index in [0.29, 0.717) is 0 Å². The standard InChI is InChI=1S/C8H10ClFN2O2S/c9-7-2-1-6(5-8(7)11)15(13,14)12-4-3-10/h1-2,5,12H,3-4,11H2. The number of nitrogens with two attached hydrogens (primary N) is 1. The quantitative estimate of drug-likeness (QED) is 0.790. The Hall–Kier alpha value is -0.850. The minimum Gasteiger partial charge on any atom is -0.397 e. The van der Waals surface area contributed by atoms with E-state index in [1.807, 2.05) is 0 Å². The van der Waals surface area contributed by atoms with Crippen molar-refractivity contribution >= 4 is 27.3 Å². The summed E-state index contributed by atoms with van der Waals surface area (Å²) in [5, 5.41) is 0.277. The molecule has 0 amide bonds. The Kier molecular flexibility index (Phi) is 3.90. The molecule has 0 bridgehead atoms. The number of rotatable bonds is 4. The first-order valence-electron chi connectivity index (χ1n) is 4.08. The van der Waals surface area contributed by atoms with Gasteiger partial charge in [0.05, 0.1) is 15.6 Å². The van der Waals surface area contributed by atoms with Crippen molar-refractivity contribution in [1.29, 1.82) is 0 Å². The second-order valence-corrected chi connectivity index (χ2v) is 4.94. The summed E-state index contributed by atoms with van der Waals surface area (Å²) < 4.78 is 36.8. The highest BCUT2D eigenvalue weighted by Gasteiger charge is 2.14. The molecule has 0 saturated heterocycles. The smallest absolute Gasteiger partial charge is 0.240 e. The summed E-state index contributed by atoms with van der Waals surface area (Å²) in [6.45, 7) is -1.02. The number of hydrogen-bond donors (Lipinski definition) is 2. The molecule has 15 heavy (non-hydrogen) atoms. The number of alkyl halides is 1. The predicted octanol–water partition coefficient (Wildman–Crippen LogP) is 1.17. The van der Waals surface area contributed by atoms with Crippen LogP contribution >= 0.6 is 11.6 Å². The van der Waals surface area contributed by atoms with Gasteiger partial charge in [-0.3, -0.25) is 0 Å². The number of nitrogen functional groups attached to an aromatic ring is 1. The maximum atomic E-state index is 11.8. The lowest BCUT2D eigenvalue weighted by Crippen LogP contribution is -2.25. The maximum absolute atomic E-state index is 11.8. The molecule has 0 aromatic heterocycles. The van der Waals surface area contributed by atoms with Crippen molar-refractivity contribution in [1.82, 2.24) is 4.72 Å². The van der Waals surface area contributed by atoms with Crippen molar-refractivity contribution in [2.45, 2.75) is 4.90 Å². The van der Waals surface area contributed by atoms with Crippen LogP contribution in [0.2, 0.25) is 5.02 Å². The van der Waals surface area contributed by atoms with Crippen LogP contribution in [-0.2, 0) is 10.0 Å². The Morgan fingerprint density at radius 1 is 1.47 bits per heavy atom. The molecule has 0 aliphatic carbocycles. The van der Waals surface area contributed by atoms with Gasteiger partial charge in [0.1, 0.15) is 6.67 Å². The Morgan fingerprint density at radius 3 is 2.67 bits per heavy atom. The molecular weight excluding hydrogens is 243 g/mol. The van der Waals surface area contributed by atoms with Crippen LogP contribution in [-0.4, -0.2) is 21.6 Å². The molecule has 0 fully saturated rings. The zero-order chi connectivity index (χ0) is 11.5. The van der Waals surface area contributed by atoms with Crippen LogP contribution in [0.15, 0.2) is 23.1 Å². The number of sulfonamides is 1. The van der Waals surface area contributed by atoms with Crippen molar-refractivity contribution in [2.75, 3.05) is 19.0 Å². The molecule has 0 unspecified atom stereocenters. The zero-order valence-corrected chi connectivity index (χ0v) is 9.28. The van der Waals surface area contributed by atoms with Gasteiger partial charge >= 0.3 is 0 Å². The maximum Gasteiger partial charge on any atom is 0.240 e. The minimum absolute atomic E-state index is 0.0298. The summed E-state index contributed by atoms with van der Waals surface area (Å²) in [5.41, 5.74) is 5.61. The van der Waals surface area contributed by atoms with Crippen molar-refractivity contribution in [3.8, 4) is 0 Å². The van der Waals surface area contributed by atoms with Crippen molar-refractivity contribution < 1.29 is 12.8 Å². The van der Waals surface area contributed by atoms with Crippen LogP contribution in [0.4, 0.5) is 10.1 Å². The molecule has 1 aromatic carbocycles.